The van der Waals surface area contributed by atoms with Crippen LogP contribution in [0.25, 0.3) is 0 Å². The van der Waals surface area contributed by atoms with Crippen molar-refractivity contribution in [2.24, 2.45) is 5.73 Å². The molecular weight excluding hydrogens is 362 g/mol. The van der Waals surface area contributed by atoms with E-state index in [1.807, 2.05) is 91.0 Å². The van der Waals surface area contributed by atoms with Crippen LogP contribution in [0.3, 0.4) is 0 Å². The molecule has 0 saturated carbocycles. The average Bonchev–Trinajstić information content (AvgIpc) is 2.76. The van der Waals surface area contributed by atoms with E-state index in [0.717, 1.165) is 16.7 Å². The van der Waals surface area contributed by atoms with Gasteiger partial charge in [-0.25, -0.2) is 0 Å². The van der Waals surface area contributed by atoms with Gasteiger partial charge in [-0.05, 0) is 16.7 Å². The van der Waals surface area contributed by atoms with E-state index >= 15 is 0 Å². The minimum atomic E-state index is -0.724. The SMILES string of the molecule is NC(COCc1ccccc1)(COCc1ccccc1)COCc1ccccc1. The highest BCUT2D eigenvalue weighted by Gasteiger charge is 2.26. The van der Waals surface area contributed by atoms with Crippen LogP contribution in [0.2, 0.25) is 0 Å². The topological polar surface area (TPSA) is 53.7 Å². The van der Waals surface area contributed by atoms with Gasteiger partial charge in [0.25, 0.3) is 0 Å². The van der Waals surface area contributed by atoms with Crippen molar-refractivity contribution in [1.29, 1.82) is 0 Å². The molecule has 29 heavy (non-hydrogen) atoms. The van der Waals surface area contributed by atoms with Gasteiger partial charge in [0.05, 0.1) is 45.2 Å². The van der Waals surface area contributed by atoms with Crippen molar-refractivity contribution in [2.75, 3.05) is 19.8 Å². The predicted octanol–water partition coefficient (Wildman–Crippen LogP) is 4.33. The molecule has 0 aliphatic heterocycles. The molecule has 0 aliphatic carbocycles. The molecule has 0 saturated heterocycles. The Labute approximate surface area is 173 Å². The summed E-state index contributed by atoms with van der Waals surface area (Å²) in [6, 6.07) is 30.2. The first-order chi connectivity index (χ1) is 14.2. The van der Waals surface area contributed by atoms with E-state index in [2.05, 4.69) is 0 Å². The summed E-state index contributed by atoms with van der Waals surface area (Å²) in [5, 5.41) is 0. The van der Waals surface area contributed by atoms with Crippen LogP contribution in [0.5, 0.6) is 0 Å². The van der Waals surface area contributed by atoms with E-state index in [4.69, 9.17) is 19.9 Å². The van der Waals surface area contributed by atoms with E-state index in [1.165, 1.54) is 0 Å². The molecule has 4 nitrogen and oxygen atoms in total. The Bertz CT molecular complexity index is 698. The van der Waals surface area contributed by atoms with Gasteiger partial charge >= 0.3 is 0 Å². The molecular formula is C25H29NO3. The molecule has 0 spiro atoms. The Kier molecular flexibility index (Phi) is 8.40. The van der Waals surface area contributed by atoms with Gasteiger partial charge in [0.2, 0.25) is 0 Å². The molecule has 3 aromatic carbocycles. The lowest BCUT2D eigenvalue weighted by Gasteiger charge is -2.29. The molecule has 0 atom stereocenters. The molecule has 0 aromatic heterocycles. The minimum absolute atomic E-state index is 0.353. The summed E-state index contributed by atoms with van der Waals surface area (Å²) in [4.78, 5) is 0. The summed E-state index contributed by atoms with van der Waals surface area (Å²) in [5.74, 6) is 0. The number of nitrogens with two attached hydrogens (primary N) is 1. The second-order valence-corrected chi connectivity index (χ2v) is 7.30. The van der Waals surface area contributed by atoms with Crippen LogP contribution < -0.4 is 5.73 Å². The third-order valence-corrected chi connectivity index (χ3v) is 4.50. The monoisotopic (exact) mass is 391 g/mol. The van der Waals surface area contributed by atoms with Gasteiger partial charge in [0.1, 0.15) is 0 Å². The van der Waals surface area contributed by atoms with E-state index < -0.39 is 5.54 Å². The second-order valence-electron chi connectivity index (χ2n) is 7.30. The lowest BCUT2D eigenvalue weighted by molar-refractivity contribution is -0.0342. The normalized spacial score (nSPS) is 11.5. The van der Waals surface area contributed by atoms with Crippen LogP contribution in [-0.2, 0) is 34.0 Å². The highest BCUT2D eigenvalue weighted by atomic mass is 16.5. The van der Waals surface area contributed by atoms with Gasteiger partial charge < -0.3 is 19.9 Å². The van der Waals surface area contributed by atoms with Crippen molar-refractivity contribution >= 4 is 0 Å². The molecule has 0 unspecified atom stereocenters. The molecule has 0 aliphatic rings. The van der Waals surface area contributed by atoms with Crippen molar-refractivity contribution in [3.8, 4) is 0 Å². The first-order valence-corrected chi connectivity index (χ1v) is 9.87. The molecule has 4 heteroatoms. The lowest BCUT2D eigenvalue weighted by atomic mass is 10.1. The third-order valence-electron chi connectivity index (χ3n) is 4.50. The molecule has 2 N–H and O–H groups in total. The third kappa shape index (κ3) is 7.80. The summed E-state index contributed by atoms with van der Waals surface area (Å²) in [7, 11) is 0. The average molecular weight is 392 g/mol. The zero-order valence-corrected chi connectivity index (χ0v) is 16.7. The van der Waals surface area contributed by atoms with Crippen molar-refractivity contribution in [3.05, 3.63) is 108 Å². The smallest absolute Gasteiger partial charge is 0.0865 e. The van der Waals surface area contributed by atoms with Crippen LogP contribution in [-0.4, -0.2) is 25.4 Å². The molecule has 0 radical (unpaired) electrons. The minimum Gasteiger partial charge on any atom is -0.375 e. The van der Waals surface area contributed by atoms with Crippen LogP contribution in [0.15, 0.2) is 91.0 Å². The summed E-state index contributed by atoms with van der Waals surface area (Å²) < 4.78 is 17.7. The van der Waals surface area contributed by atoms with Gasteiger partial charge in [0, 0.05) is 0 Å². The maximum absolute atomic E-state index is 6.62. The fourth-order valence-electron chi connectivity index (χ4n) is 2.96. The fourth-order valence-corrected chi connectivity index (χ4v) is 2.96. The number of benzene rings is 3. The Balaban J connectivity index is 1.51. The van der Waals surface area contributed by atoms with Gasteiger partial charge in [-0.2, -0.15) is 0 Å². The summed E-state index contributed by atoms with van der Waals surface area (Å²) in [5.41, 5.74) is 9.24. The molecule has 3 rings (SSSR count). The molecule has 0 heterocycles. The van der Waals surface area contributed by atoms with E-state index in [9.17, 15) is 0 Å². The Morgan fingerprint density at radius 2 is 0.759 bits per heavy atom. The quantitative estimate of drug-likeness (QED) is 0.499. The highest BCUT2D eigenvalue weighted by molar-refractivity contribution is 5.15. The van der Waals surface area contributed by atoms with Gasteiger partial charge in [-0.1, -0.05) is 91.0 Å². The first kappa shape index (κ1) is 21.2. The van der Waals surface area contributed by atoms with E-state index in [-0.39, 0.29) is 0 Å². The van der Waals surface area contributed by atoms with Crippen molar-refractivity contribution in [2.45, 2.75) is 25.4 Å². The number of hydrogen-bond donors (Lipinski definition) is 1. The Morgan fingerprint density at radius 1 is 0.483 bits per heavy atom. The first-order valence-electron chi connectivity index (χ1n) is 9.87. The molecule has 152 valence electrons. The number of rotatable bonds is 12. The van der Waals surface area contributed by atoms with Crippen LogP contribution >= 0.6 is 0 Å². The molecule has 0 bridgehead atoms. The maximum atomic E-state index is 6.62. The Morgan fingerprint density at radius 3 is 1.03 bits per heavy atom. The van der Waals surface area contributed by atoms with Gasteiger partial charge in [0.15, 0.2) is 0 Å². The lowest BCUT2D eigenvalue weighted by Crippen LogP contribution is -2.52. The molecule has 0 fully saturated rings. The number of ether oxygens (including phenoxy) is 3. The molecule has 0 amide bonds. The summed E-state index contributed by atoms with van der Waals surface area (Å²) >= 11 is 0. The summed E-state index contributed by atoms with van der Waals surface area (Å²) in [6.07, 6.45) is 0. The second kappa shape index (κ2) is 11.5. The Hall–Kier alpha value is -2.50. The fraction of sp³-hybridized carbons (Fsp3) is 0.280. The zero-order valence-electron chi connectivity index (χ0n) is 16.7. The van der Waals surface area contributed by atoms with Crippen LogP contribution in [0, 0.1) is 0 Å². The highest BCUT2D eigenvalue weighted by Crippen LogP contribution is 2.11. The number of hydrogen-bond acceptors (Lipinski definition) is 4. The largest absolute Gasteiger partial charge is 0.375 e. The van der Waals surface area contributed by atoms with Crippen molar-refractivity contribution in [3.63, 3.8) is 0 Å². The van der Waals surface area contributed by atoms with E-state index in [1.54, 1.807) is 0 Å². The molecule has 3 aromatic rings. The predicted molar refractivity (Wildman–Crippen MR) is 115 cm³/mol. The van der Waals surface area contributed by atoms with Crippen LogP contribution in [0.4, 0.5) is 0 Å². The summed E-state index contributed by atoms with van der Waals surface area (Å²) in [6.45, 7) is 2.59. The standard InChI is InChI=1S/C25H29NO3/c26-25(19-27-16-22-10-4-1-5-11-22,20-28-17-23-12-6-2-7-13-23)21-29-18-24-14-8-3-9-15-24/h1-15H,16-21,26H2. The van der Waals surface area contributed by atoms with Crippen molar-refractivity contribution < 1.29 is 14.2 Å². The van der Waals surface area contributed by atoms with E-state index in [0.29, 0.717) is 39.6 Å². The van der Waals surface area contributed by atoms with Crippen molar-refractivity contribution in [1.82, 2.24) is 0 Å². The van der Waals surface area contributed by atoms with Gasteiger partial charge in [-0.3, -0.25) is 0 Å². The van der Waals surface area contributed by atoms with Gasteiger partial charge in [-0.15, -0.1) is 0 Å². The zero-order chi connectivity index (χ0) is 20.2. The maximum Gasteiger partial charge on any atom is 0.0865 e. The van der Waals surface area contributed by atoms with Crippen LogP contribution in [0.1, 0.15) is 16.7 Å².